The molecule has 76 valence electrons. The Labute approximate surface area is 89.1 Å². The Morgan fingerprint density at radius 3 is 2.86 bits per heavy atom. The molecule has 1 saturated carbocycles. The number of hydrogen-bond donors (Lipinski definition) is 0. The van der Waals surface area contributed by atoms with Crippen molar-refractivity contribution in [2.75, 3.05) is 0 Å². The Kier molecular flexibility index (Phi) is 3.35. The maximum atomic E-state index is 10.5. The molecule has 1 nitrogen and oxygen atoms in total. The molecular weight excluding hydrogens is 192 g/mol. The van der Waals surface area contributed by atoms with Crippen molar-refractivity contribution in [1.29, 1.82) is 0 Å². The summed E-state index contributed by atoms with van der Waals surface area (Å²) in [6.07, 6.45) is 8.40. The van der Waals surface area contributed by atoms with Crippen molar-refractivity contribution in [2.24, 2.45) is 0 Å². The number of carbonyl (C=O) groups is 1. The first kappa shape index (κ1) is 9.91. The minimum atomic E-state index is 0.606. The first-order valence-corrected chi connectivity index (χ1v) is 6.29. The fraction of sp³-hybridized carbons (Fsp3) is 0.583. The summed E-state index contributed by atoms with van der Waals surface area (Å²) < 4.78 is 0. The quantitative estimate of drug-likeness (QED) is 0.694. The first-order chi connectivity index (χ1) is 6.92. The molecule has 1 aliphatic carbocycles. The van der Waals surface area contributed by atoms with Gasteiger partial charge in [-0.2, -0.15) is 0 Å². The molecule has 0 radical (unpaired) electrons. The van der Waals surface area contributed by atoms with Crippen LogP contribution in [0, 0.1) is 0 Å². The lowest BCUT2D eigenvalue weighted by Crippen LogP contribution is -2.05. The van der Waals surface area contributed by atoms with Gasteiger partial charge in [0, 0.05) is 11.3 Å². The van der Waals surface area contributed by atoms with Crippen LogP contribution in [0.5, 0.6) is 0 Å². The number of aldehydes is 1. The Morgan fingerprint density at radius 2 is 2.14 bits per heavy atom. The molecule has 1 heterocycles. The van der Waals surface area contributed by atoms with Gasteiger partial charge in [0.15, 0.2) is 0 Å². The third-order valence-electron chi connectivity index (χ3n) is 3.06. The van der Waals surface area contributed by atoms with Gasteiger partial charge in [-0.3, -0.25) is 0 Å². The normalized spacial score (nSPS) is 18.3. The van der Waals surface area contributed by atoms with Crippen molar-refractivity contribution < 1.29 is 4.79 Å². The van der Waals surface area contributed by atoms with Crippen LogP contribution in [-0.2, 0) is 11.2 Å². The second-order valence-electron chi connectivity index (χ2n) is 4.02. The van der Waals surface area contributed by atoms with E-state index in [1.165, 1.54) is 42.5 Å². The first-order valence-electron chi connectivity index (χ1n) is 5.41. The molecule has 0 saturated heterocycles. The summed E-state index contributed by atoms with van der Waals surface area (Å²) >= 11 is 1.84. The van der Waals surface area contributed by atoms with Crippen molar-refractivity contribution in [3.63, 3.8) is 0 Å². The van der Waals surface area contributed by atoms with Crippen LogP contribution in [0.25, 0.3) is 0 Å². The van der Waals surface area contributed by atoms with Crippen LogP contribution in [0.4, 0.5) is 0 Å². The minimum Gasteiger partial charge on any atom is -0.303 e. The zero-order chi connectivity index (χ0) is 9.80. The summed E-state index contributed by atoms with van der Waals surface area (Å²) in [5.74, 6) is 0.749. The monoisotopic (exact) mass is 208 g/mol. The Morgan fingerprint density at radius 1 is 1.36 bits per heavy atom. The second kappa shape index (κ2) is 4.74. The van der Waals surface area contributed by atoms with Gasteiger partial charge in [-0.25, -0.2) is 0 Å². The second-order valence-corrected chi connectivity index (χ2v) is 4.96. The topological polar surface area (TPSA) is 17.1 Å². The molecule has 1 fully saturated rings. The standard InChI is InChI=1S/C12H16OS/c13-8-6-11-7-9-14-12(11)10-4-2-1-3-5-10/h7-10H,1-6H2. The van der Waals surface area contributed by atoms with E-state index in [-0.39, 0.29) is 0 Å². The lowest BCUT2D eigenvalue weighted by molar-refractivity contribution is -0.107. The molecule has 0 unspecified atom stereocenters. The molecule has 0 aromatic carbocycles. The molecule has 2 heteroatoms. The molecule has 1 aromatic rings. The third kappa shape index (κ3) is 2.06. The highest BCUT2D eigenvalue weighted by atomic mass is 32.1. The maximum absolute atomic E-state index is 10.5. The molecule has 0 aliphatic heterocycles. The van der Waals surface area contributed by atoms with Crippen LogP contribution in [-0.4, -0.2) is 6.29 Å². The zero-order valence-corrected chi connectivity index (χ0v) is 9.19. The van der Waals surface area contributed by atoms with Crippen LogP contribution in [0.3, 0.4) is 0 Å². The summed E-state index contributed by atoms with van der Waals surface area (Å²) in [5, 5.41) is 2.13. The van der Waals surface area contributed by atoms with Crippen molar-refractivity contribution >= 4 is 17.6 Å². The van der Waals surface area contributed by atoms with Crippen molar-refractivity contribution in [2.45, 2.75) is 44.4 Å². The smallest absolute Gasteiger partial charge is 0.124 e. The van der Waals surface area contributed by atoms with Gasteiger partial charge in [0.1, 0.15) is 6.29 Å². The van der Waals surface area contributed by atoms with E-state index in [1.54, 1.807) is 0 Å². The van der Waals surface area contributed by atoms with E-state index in [1.807, 2.05) is 11.3 Å². The largest absolute Gasteiger partial charge is 0.303 e. The van der Waals surface area contributed by atoms with Gasteiger partial charge in [-0.15, -0.1) is 11.3 Å². The lowest BCUT2D eigenvalue weighted by Gasteiger charge is -2.21. The highest BCUT2D eigenvalue weighted by Gasteiger charge is 2.19. The molecule has 2 rings (SSSR count). The van der Waals surface area contributed by atoms with Gasteiger partial charge in [0.2, 0.25) is 0 Å². The predicted octanol–water partition coefficient (Wildman–Crippen LogP) is 3.54. The molecule has 1 aliphatic rings. The van der Waals surface area contributed by atoms with E-state index in [4.69, 9.17) is 0 Å². The van der Waals surface area contributed by atoms with Crippen molar-refractivity contribution in [3.05, 3.63) is 21.9 Å². The van der Waals surface area contributed by atoms with E-state index in [9.17, 15) is 4.79 Å². The fourth-order valence-electron chi connectivity index (χ4n) is 2.33. The summed E-state index contributed by atoms with van der Waals surface area (Å²) in [6, 6.07) is 2.11. The van der Waals surface area contributed by atoms with E-state index < -0.39 is 0 Å². The highest BCUT2D eigenvalue weighted by molar-refractivity contribution is 7.10. The molecule has 0 bridgehead atoms. The predicted molar refractivity (Wildman–Crippen MR) is 59.9 cm³/mol. The minimum absolute atomic E-state index is 0.606. The van der Waals surface area contributed by atoms with E-state index in [0.29, 0.717) is 6.42 Å². The van der Waals surface area contributed by atoms with E-state index in [0.717, 1.165) is 12.2 Å². The van der Waals surface area contributed by atoms with Gasteiger partial charge in [0.25, 0.3) is 0 Å². The molecule has 0 N–H and O–H groups in total. The summed E-state index contributed by atoms with van der Waals surface area (Å²) in [5.41, 5.74) is 1.27. The SMILES string of the molecule is O=CCc1ccsc1C1CCCCC1. The summed E-state index contributed by atoms with van der Waals surface area (Å²) in [4.78, 5) is 12.0. The maximum Gasteiger partial charge on any atom is 0.124 e. The lowest BCUT2D eigenvalue weighted by atomic mass is 9.86. The van der Waals surface area contributed by atoms with Crippen LogP contribution in [0.15, 0.2) is 11.4 Å². The third-order valence-corrected chi connectivity index (χ3v) is 4.18. The molecule has 14 heavy (non-hydrogen) atoms. The van der Waals surface area contributed by atoms with Gasteiger partial charge in [-0.1, -0.05) is 19.3 Å². The van der Waals surface area contributed by atoms with Crippen LogP contribution in [0.2, 0.25) is 0 Å². The van der Waals surface area contributed by atoms with Crippen molar-refractivity contribution in [3.8, 4) is 0 Å². The number of rotatable bonds is 3. The molecule has 0 amide bonds. The molecule has 0 spiro atoms. The van der Waals surface area contributed by atoms with E-state index >= 15 is 0 Å². The Bertz CT molecular complexity index is 297. The number of carbonyl (C=O) groups excluding carboxylic acids is 1. The summed E-state index contributed by atoms with van der Waals surface area (Å²) in [7, 11) is 0. The fourth-order valence-corrected chi connectivity index (χ4v) is 3.44. The number of thiophene rings is 1. The van der Waals surface area contributed by atoms with Gasteiger partial charge in [0.05, 0.1) is 0 Å². The number of hydrogen-bond acceptors (Lipinski definition) is 2. The van der Waals surface area contributed by atoms with Crippen LogP contribution >= 0.6 is 11.3 Å². The Hall–Kier alpha value is -0.630. The summed E-state index contributed by atoms with van der Waals surface area (Å²) in [6.45, 7) is 0. The highest BCUT2D eigenvalue weighted by Crippen LogP contribution is 2.37. The van der Waals surface area contributed by atoms with Gasteiger partial charge >= 0.3 is 0 Å². The average molecular weight is 208 g/mol. The molecule has 1 aromatic heterocycles. The van der Waals surface area contributed by atoms with Gasteiger partial charge < -0.3 is 4.79 Å². The molecule has 0 atom stereocenters. The van der Waals surface area contributed by atoms with Crippen LogP contribution < -0.4 is 0 Å². The Balaban J connectivity index is 2.12. The molecular formula is C12H16OS. The van der Waals surface area contributed by atoms with Crippen molar-refractivity contribution in [1.82, 2.24) is 0 Å². The van der Waals surface area contributed by atoms with Gasteiger partial charge in [-0.05, 0) is 35.8 Å². The zero-order valence-electron chi connectivity index (χ0n) is 8.37. The van der Waals surface area contributed by atoms with Crippen LogP contribution in [0.1, 0.15) is 48.5 Å². The van der Waals surface area contributed by atoms with E-state index in [2.05, 4.69) is 11.4 Å². The average Bonchev–Trinajstić information content (AvgIpc) is 2.68.